The van der Waals surface area contributed by atoms with Crippen molar-refractivity contribution in [3.63, 3.8) is 0 Å². The van der Waals surface area contributed by atoms with Gasteiger partial charge < -0.3 is 0 Å². The average molecular weight is 441 g/mol. The summed E-state index contributed by atoms with van der Waals surface area (Å²) in [5, 5.41) is 1.62. The number of hydrogen-bond acceptors (Lipinski definition) is 4. The van der Waals surface area contributed by atoms with Crippen LogP contribution in [0.3, 0.4) is 0 Å². The molecule has 1 saturated heterocycles. The quantitative estimate of drug-likeness (QED) is 0.460. The van der Waals surface area contributed by atoms with Crippen LogP contribution in [-0.2, 0) is 0 Å². The summed E-state index contributed by atoms with van der Waals surface area (Å²) in [4.78, 5) is 9.54. The number of thioether (sulfide) groups is 2. The Bertz CT molecular complexity index is 494. The van der Waals surface area contributed by atoms with Crippen molar-refractivity contribution in [2.75, 3.05) is 11.5 Å². The van der Waals surface area contributed by atoms with Crippen LogP contribution in [0.25, 0.3) is 0 Å². The average Bonchev–Trinajstić information content (AvgIpc) is 2.96. The molecular weight excluding hydrogens is 423 g/mol. The Balaban J connectivity index is 1.95. The molecule has 0 radical (unpaired) electrons. The van der Waals surface area contributed by atoms with E-state index < -0.39 is 0 Å². The van der Waals surface area contributed by atoms with E-state index in [1.165, 1.54) is 42.9 Å². The van der Waals surface area contributed by atoms with Crippen molar-refractivity contribution in [3.8, 4) is 0 Å². The van der Waals surface area contributed by atoms with Gasteiger partial charge >= 0.3 is 0 Å². The van der Waals surface area contributed by atoms with Crippen molar-refractivity contribution in [3.05, 3.63) is 20.2 Å². The number of halogens is 2. The molecule has 6 heteroatoms. The number of aromatic nitrogens is 2. The monoisotopic (exact) mass is 440 g/mol. The molecule has 1 aromatic rings. The van der Waals surface area contributed by atoms with E-state index in [1.807, 2.05) is 23.5 Å². The molecule has 20 heavy (non-hydrogen) atoms. The van der Waals surface area contributed by atoms with E-state index in [1.54, 1.807) is 0 Å². The first-order chi connectivity index (χ1) is 9.66. The molecule has 1 saturated carbocycles. The van der Waals surface area contributed by atoms with Crippen LogP contribution in [0, 0.1) is 3.57 Å². The predicted octanol–water partition coefficient (Wildman–Crippen LogP) is 5.30. The van der Waals surface area contributed by atoms with E-state index in [4.69, 9.17) is 16.6 Å². The van der Waals surface area contributed by atoms with Crippen LogP contribution in [0.15, 0.2) is 0 Å². The van der Waals surface area contributed by atoms with Crippen LogP contribution in [-0.4, -0.2) is 26.7 Å². The van der Waals surface area contributed by atoms with Gasteiger partial charge in [0, 0.05) is 22.7 Å². The molecular formula is C14H18ClIN2S2. The van der Waals surface area contributed by atoms with Gasteiger partial charge in [0.05, 0.1) is 14.5 Å². The largest absolute Gasteiger partial charge is 0.235 e. The Morgan fingerprint density at radius 2 is 1.85 bits per heavy atom. The number of hydrogen-bond donors (Lipinski definition) is 0. The summed E-state index contributed by atoms with van der Waals surface area (Å²) in [5.41, 5.74) is 1.21. The van der Waals surface area contributed by atoms with Crippen molar-refractivity contribution in [2.24, 2.45) is 0 Å². The van der Waals surface area contributed by atoms with Gasteiger partial charge in [-0.3, -0.25) is 0 Å². The zero-order chi connectivity index (χ0) is 14.1. The van der Waals surface area contributed by atoms with E-state index in [9.17, 15) is 0 Å². The first-order valence-corrected chi connectivity index (χ1v) is 10.7. The van der Waals surface area contributed by atoms with E-state index in [-0.39, 0.29) is 0 Å². The minimum absolute atomic E-state index is 0.392. The van der Waals surface area contributed by atoms with Crippen molar-refractivity contribution in [1.82, 2.24) is 9.97 Å². The summed E-state index contributed by atoms with van der Waals surface area (Å²) in [6.07, 6.45) is 5.15. The first-order valence-electron chi connectivity index (χ1n) is 7.13. The maximum absolute atomic E-state index is 6.39. The Hall–Kier alpha value is 0.800. The van der Waals surface area contributed by atoms with Crippen LogP contribution in [0.4, 0.5) is 0 Å². The summed E-state index contributed by atoms with van der Waals surface area (Å²) in [5.74, 6) is 3.97. The fraction of sp³-hybridized carbons (Fsp3) is 0.714. The van der Waals surface area contributed by atoms with Gasteiger partial charge in [-0.15, -0.1) is 11.8 Å². The van der Waals surface area contributed by atoms with Gasteiger partial charge in [-0.1, -0.05) is 31.4 Å². The van der Waals surface area contributed by atoms with Crippen LogP contribution < -0.4 is 0 Å². The lowest BCUT2D eigenvalue weighted by atomic mass is 10.0. The van der Waals surface area contributed by atoms with Crippen molar-refractivity contribution >= 4 is 57.7 Å². The molecule has 2 aliphatic rings. The minimum atomic E-state index is 0.392. The second-order valence-corrected chi connectivity index (χ2v) is 9.59. The van der Waals surface area contributed by atoms with Crippen molar-refractivity contribution in [1.29, 1.82) is 0 Å². The summed E-state index contributed by atoms with van der Waals surface area (Å²) in [6, 6.07) is 0. The highest BCUT2D eigenvalue weighted by atomic mass is 127. The zero-order valence-electron chi connectivity index (χ0n) is 11.4. The lowest BCUT2D eigenvalue weighted by Gasteiger charge is -2.27. The fourth-order valence-corrected chi connectivity index (χ4v) is 6.52. The molecule has 0 bridgehead atoms. The molecule has 1 aliphatic carbocycles. The molecule has 2 unspecified atom stereocenters. The molecule has 2 nitrogen and oxygen atoms in total. The van der Waals surface area contributed by atoms with E-state index in [2.05, 4.69) is 34.5 Å². The molecule has 2 atom stereocenters. The second kappa shape index (κ2) is 6.92. The molecule has 0 N–H and O–H groups in total. The molecule has 0 aromatic carbocycles. The maximum atomic E-state index is 6.39. The maximum Gasteiger partial charge on any atom is 0.146 e. The Kier molecular flexibility index (Phi) is 5.43. The third kappa shape index (κ3) is 3.25. The Labute approximate surface area is 147 Å². The standard InChI is InChI=1S/C14H18ClIN2S2/c1-8-12(20-7-6-19-8)14-17-11(9-4-2-3-5-9)10(16)13(15)18-14/h8-9,12H,2-7H2,1H3. The fourth-order valence-electron chi connectivity index (χ4n) is 2.97. The third-order valence-electron chi connectivity index (χ3n) is 4.04. The molecule has 2 fully saturated rings. The number of rotatable bonds is 2. The van der Waals surface area contributed by atoms with Crippen LogP contribution >= 0.6 is 57.7 Å². The van der Waals surface area contributed by atoms with Gasteiger partial charge in [-0.25, -0.2) is 9.97 Å². The van der Waals surface area contributed by atoms with E-state index in [0.717, 1.165) is 9.39 Å². The van der Waals surface area contributed by atoms with E-state index in [0.29, 0.717) is 21.6 Å². The molecule has 110 valence electrons. The van der Waals surface area contributed by atoms with Crippen molar-refractivity contribution in [2.45, 2.75) is 49.0 Å². The Morgan fingerprint density at radius 3 is 2.55 bits per heavy atom. The predicted molar refractivity (Wildman–Crippen MR) is 98.1 cm³/mol. The van der Waals surface area contributed by atoms with Gasteiger partial charge in [0.1, 0.15) is 11.0 Å². The van der Waals surface area contributed by atoms with Gasteiger partial charge in [-0.05, 0) is 35.4 Å². The van der Waals surface area contributed by atoms with Crippen LogP contribution in [0.5, 0.6) is 0 Å². The summed E-state index contributed by atoms with van der Waals surface area (Å²) in [7, 11) is 0. The minimum Gasteiger partial charge on any atom is -0.235 e. The lowest BCUT2D eigenvalue weighted by molar-refractivity contribution is 0.673. The molecule has 2 heterocycles. The second-order valence-electron chi connectivity index (χ2n) is 5.42. The first kappa shape index (κ1) is 15.7. The molecule has 1 aromatic heterocycles. The molecule has 3 rings (SSSR count). The van der Waals surface area contributed by atoms with Crippen LogP contribution in [0.2, 0.25) is 5.15 Å². The molecule has 1 aliphatic heterocycles. The van der Waals surface area contributed by atoms with Gasteiger partial charge in [0.2, 0.25) is 0 Å². The highest BCUT2D eigenvalue weighted by Gasteiger charge is 2.30. The molecule has 0 amide bonds. The summed E-state index contributed by atoms with van der Waals surface area (Å²) in [6.45, 7) is 2.28. The summed E-state index contributed by atoms with van der Waals surface area (Å²) >= 11 is 12.7. The smallest absolute Gasteiger partial charge is 0.146 e. The normalized spacial score (nSPS) is 27.9. The highest BCUT2D eigenvalue weighted by Crippen LogP contribution is 2.43. The van der Waals surface area contributed by atoms with Crippen LogP contribution in [0.1, 0.15) is 55.3 Å². The van der Waals surface area contributed by atoms with E-state index >= 15 is 0 Å². The SMILES string of the molecule is CC1SCCSC1c1nc(Cl)c(I)c(C2CCCC2)n1. The topological polar surface area (TPSA) is 25.8 Å². The van der Waals surface area contributed by atoms with Crippen molar-refractivity contribution < 1.29 is 0 Å². The highest BCUT2D eigenvalue weighted by molar-refractivity contribution is 14.1. The zero-order valence-corrected chi connectivity index (χ0v) is 16.0. The Morgan fingerprint density at radius 1 is 1.15 bits per heavy atom. The third-order valence-corrected chi connectivity index (χ3v) is 8.78. The molecule has 0 spiro atoms. The summed E-state index contributed by atoms with van der Waals surface area (Å²) < 4.78 is 1.07. The van der Waals surface area contributed by atoms with Gasteiger partial charge in [0.15, 0.2) is 0 Å². The number of nitrogens with zero attached hydrogens (tertiary/aromatic N) is 2. The van der Waals surface area contributed by atoms with Gasteiger partial charge in [-0.2, -0.15) is 11.8 Å². The lowest BCUT2D eigenvalue weighted by Crippen LogP contribution is -2.19. The van der Waals surface area contributed by atoms with Gasteiger partial charge in [0.25, 0.3) is 0 Å².